The van der Waals surface area contributed by atoms with Gasteiger partial charge in [0.15, 0.2) is 4.34 Å². The van der Waals surface area contributed by atoms with Crippen LogP contribution in [0.4, 0.5) is 10.1 Å². The Morgan fingerprint density at radius 2 is 1.94 bits per heavy atom. The first-order chi connectivity index (χ1) is 15.0. The predicted molar refractivity (Wildman–Crippen MR) is 127 cm³/mol. The van der Waals surface area contributed by atoms with Gasteiger partial charge in [-0.15, -0.1) is 21.5 Å². The van der Waals surface area contributed by atoms with Crippen molar-refractivity contribution in [3.05, 3.63) is 52.4 Å². The average Bonchev–Trinajstić information content (AvgIpc) is 3.39. The molecular weight excluding hydrogens is 452 g/mol. The number of thioether (sulfide) groups is 1. The van der Waals surface area contributed by atoms with Crippen LogP contribution in [0, 0.1) is 0 Å². The van der Waals surface area contributed by atoms with Crippen molar-refractivity contribution in [3.63, 3.8) is 0 Å². The molecule has 31 heavy (non-hydrogen) atoms. The molecule has 0 atom stereocenters. The summed E-state index contributed by atoms with van der Waals surface area (Å²) < 4.78 is 5.82. The SMILES string of the molecule is CCOC(=O)c1cc(C(C)C)sc1NC(=O)CSc1nnc(NCc2ccccc2)s1. The molecular formula is C21H24N4O3S3. The fourth-order valence-corrected chi connectivity index (χ4v) is 5.16. The summed E-state index contributed by atoms with van der Waals surface area (Å²) in [5.74, 6) is -0.209. The quantitative estimate of drug-likeness (QED) is 0.305. The van der Waals surface area contributed by atoms with Crippen molar-refractivity contribution in [3.8, 4) is 0 Å². The second kappa shape index (κ2) is 11.3. The van der Waals surface area contributed by atoms with E-state index in [0.29, 0.717) is 26.6 Å². The third-order valence-electron chi connectivity index (χ3n) is 4.09. The molecule has 0 fully saturated rings. The summed E-state index contributed by atoms with van der Waals surface area (Å²) >= 11 is 4.11. The van der Waals surface area contributed by atoms with Crippen molar-refractivity contribution in [2.75, 3.05) is 23.0 Å². The van der Waals surface area contributed by atoms with Gasteiger partial charge in [-0.2, -0.15) is 0 Å². The second-order valence-electron chi connectivity index (χ2n) is 6.82. The molecule has 0 aliphatic carbocycles. The van der Waals surface area contributed by atoms with E-state index in [2.05, 4.69) is 20.8 Å². The number of ether oxygens (including phenoxy) is 1. The lowest BCUT2D eigenvalue weighted by atomic mass is 10.1. The zero-order chi connectivity index (χ0) is 22.2. The van der Waals surface area contributed by atoms with Crippen LogP contribution in [-0.4, -0.2) is 34.4 Å². The lowest BCUT2D eigenvalue weighted by Crippen LogP contribution is -2.15. The smallest absolute Gasteiger partial charge is 0.341 e. The van der Waals surface area contributed by atoms with Gasteiger partial charge in [0.05, 0.1) is 17.9 Å². The maximum atomic E-state index is 12.5. The van der Waals surface area contributed by atoms with Crippen LogP contribution in [0.3, 0.4) is 0 Å². The van der Waals surface area contributed by atoms with Crippen LogP contribution in [0.15, 0.2) is 40.7 Å². The summed E-state index contributed by atoms with van der Waals surface area (Å²) in [6.45, 7) is 6.79. The zero-order valence-electron chi connectivity index (χ0n) is 17.5. The number of carbonyl (C=O) groups is 2. The third kappa shape index (κ3) is 6.78. The molecule has 0 bridgehead atoms. The van der Waals surface area contributed by atoms with Gasteiger partial charge in [0.1, 0.15) is 5.00 Å². The van der Waals surface area contributed by atoms with E-state index in [-0.39, 0.29) is 24.2 Å². The van der Waals surface area contributed by atoms with E-state index >= 15 is 0 Å². The Bertz CT molecular complexity index is 1020. The standard InChI is InChI=1S/C21H24N4O3S3/c1-4-28-19(27)15-10-16(13(2)3)30-18(15)23-17(26)12-29-21-25-24-20(31-21)22-11-14-8-6-5-7-9-14/h5-10,13H,4,11-12H2,1-3H3,(H,22,24)(H,23,26). The molecule has 0 unspecified atom stereocenters. The van der Waals surface area contributed by atoms with Crippen LogP contribution in [-0.2, 0) is 16.1 Å². The molecule has 164 valence electrons. The first kappa shape index (κ1) is 23.2. The van der Waals surface area contributed by atoms with E-state index in [1.807, 2.05) is 44.2 Å². The number of thiophene rings is 1. The Morgan fingerprint density at radius 3 is 2.65 bits per heavy atom. The highest BCUT2D eigenvalue weighted by atomic mass is 32.2. The summed E-state index contributed by atoms with van der Waals surface area (Å²) in [4.78, 5) is 25.7. The summed E-state index contributed by atoms with van der Waals surface area (Å²) in [6, 6.07) is 11.8. The Kier molecular flexibility index (Phi) is 8.44. The molecule has 0 radical (unpaired) electrons. The van der Waals surface area contributed by atoms with Gasteiger partial charge >= 0.3 is 5.97 Å². The van der Waals surface area contributed by atoms with Crippen molar-refractivity contribution in [1.82, 2.24) is 10.2 Å². The zero-order valence-corrected chi connectivity index (χ0v) is 20.0. The van der Waals surface area contributed by atoms with Gasteiger partial charge in [-0.25, -0.2) is 4.79 Å². The van der Waals surface area contributed by atoms with Gasteiger partial charge < -0.3 is 15.4 Å². The van der Waals surface area contributed by atoms with Crippen molar-refractivity contribution in [2.45, 2.75) is 37.6 Å². The van der Waals surface area contributed by atoms with Crippen molar-refractivity contribution in [1.29, 1.82) is 0 Å². The van der Waals surface area contributed by atoms with E-state index < -0.39 is 5.97 Å². The Labute approximate surface area is 193 Å². The Balaban J connectivity index is 1.54. The number of anilines is 2. The Morgan fingerprint density at radius 1 is 1.16 bits per heavy atom. The molecule has 3 aromatic rings. The molecule has 10 heteroatoms. The lowest BCUT2D eigenvalue weighted by Gasteiger charge is -2.05. The first-order valence-corrected chi connectivity index (χ1v) is 12.4. The number of amides is 1. The molecule has 1 amide bonds. The maximum absolute atomic E-state index is 12.5. The topological polar surface area (TPSA) is 93.2 Å². The highest BCUT2D eigenvalue weighted by Crippen LogP contribution is 2.34. The molecule has 0 spiro atoms. The van der Waals surface area contributed by atoms with Gasteiger partial charge in [0, 0.05) is 11.4 Å². The molecule has 0 saturated carbocycles. The summed E-state index contributed by atoms with van der Waals surface area (Å²) in [7, 11) is 0. The number of benzene rings is 1. The summed E-state index contributed by atoms with van der Waals surface area (Å²) in [6.07, 6.45) is 0. The van der Waals surface area contributed by atoms with Gasteiger partial charge in [0.25, 0.3) is 0 Å². The number of nitrogens with zero attached hydrogens (tertiary/aromatic N) is 2. The summed E-state index contributed by atoms with van der Waals surface area (Å²) in [5.41, 5.74) is 1.55. The lowest BCUT2D eigenvalue weighted by molar-refractivity contribution is -0.113. The van der Waals surface area contributed by atoms with Crippen LogP contribution in [0.5, 0.6) is 0 Å². The van der Waals surface area contributed by atoms with Crippen LogP contribution in [0.2, 0.25) is 0 Å². The van der Waals surface area contributed by atoms with Gasteiger partial charge in [0.2, 0.25) is 11.0 Å². The number of aromatic nitrogens is 2. The van der Waals surface area contributed by atoms with Crippen LogP contribution in [0.1, 0.15) is 47.5 Å². The number of hydrogen-bond donors (Lipinski definition) is 2. The molecule has 3 rings (SSSR count). The van der Waals surface area contributed by atoms with Crippen molar-refractivity contribution in [2.24, 2.45) is 0 Å². The monoisotopic (exact) mass is 476 g/mol. The van der Waals surface area contributed by atoms with E-state index in [1.165, 1.54) is 34.4 Å². The van der Waals surface area contributed by atoms with E-state index in [1.54, 1.807) is 13.0 Å². The molecule has 0 aliphatic heterocycles. The minimum absolute atomic E-state index is 0.171. The second-order valence-corrected chi connectivity index (χ2v) is 10.1. The molecule has 0 saturated heterocycles. The molecule has 7 nitrogen and oxygen atoms in total. The van der Waals surface area contributed by atoms with E-state index in [0.717, 1.165) is 10.4 Å². The normalized spacial score (nSPS) is 10.8. The number of rotatable bonds is 10. The van der Waals surface area contributed by atoms with Crippen molar-refractivity contribution < 1.29 is 14.3 Å². The molecule has 2 N–H and O–H groups in total. The van der Waals surface area contributed by atoms with Gasteiger partial charge in [-0.05, 0) is 24.5 Å². The number of esters is 1. The van der Waals surface area contributed by atoms with E-state index in [9.17, 15) is 9.59 Å². The average molecular weight is 477 g/mol. The van der Waals surface area contributed by atoms with Gasteiger partial charge in [-0.1, -0.05) is 67.3 Å². The van der Waals surface area contributed by atoms with Crippen LogP contribution >= 0.6 is 34.4 Å². The molecule has 1 aromatic carbocycles. The highest BCUT2D eigenvalue weighted by molar-refractivity contribution is 8.01. The third-order valence-corrected chi connectivity index (χ3v) is 7.45. The number of carbonyl (C=O) groups excluding carboxylic acids is 2. The first-order valence-electron chi connectivity index (χ1n) is 9.81. The highest BCUT2D eigenvalue weighted by Gasteiger charge is 2.20. The number of nitrogens with one attached hydrogen (secondary N) is 2. The largest absolute Gasteiger partial charge is 0.462 e. The minimum atomic E-state index is -0.424. The maximum Gasteiger partial charge on any atom is 0.341 e. The Hall–Kier alpha value is -2.43. The van der Waals surface area contributed by atoms with E-state index in [4.69, 9.17) is 4.74 Å². The van der Waals surface area contributed by atoms with Crippen LogP contribution < -0.4 is 10.6 Å². The fourth-order valence-electron chi connectivity index (χ4n) is 2.55. The fraction of sp³-hybridized carbons (Fsp3) is 0.333. The van der Waals surface area contributed by atoms with Crippen LogP contribution in [0.25, 0.3) is 0 Å². The molecule has 2 aromatic heterocycles. The van der Waals surface area contributed by atoms with Crippen molar-refractivity contribution >= 4 is 56.4 Å². The van der Waals surface area contributed by atoms with Gasteiger partial charge in [-0.3, -0.25) is 4.79 Å². The number of hydrogen-bond acceptors (Lipinski definition) is 9. The minimum Gasteiger partial charge on any atom is -0.462 e. The predicted octanol–water partition coefficient (Wildman–Crippen LogP) is 5.24. The summed E-state index contributed by atoms with van der Waals surface area (Å²) in [5, 5.41) is 15.6. The molecule has 2 heterocycles. The molecule has 0 aliphatic rings.